The highest BCUT2D eigenvalue weighted by molar-refractivity contribution is 9.10. The van der Waals surface area contributed by atoms with E-state index in [2.05, 4.69) is 21.2 Å². The van der Waals surface area contributed by atoms with Gasteiger partial charge in [-0.1, -0.05) is 54.0 Å². The van der Waals surface area contributed by atoms with Crippen LogP contribution in [0.15, 0.2) is 46.9 Å². The average Bonchev–Trinajstić information content (AvgIpc) is 2.78. The van der Waals surface area contributed by atoms with E-state index in [1.807, 2.05) is 52.0 Å². The minimum Gasteiger partial charge on any atom is -0.354 e. The van der Waals surface area contributed by atoms with E-state index in [0.717, 1.165) is 38.1 Å². The van der Waals surface area contributed by atoms with Crippen LogP contribution < -0.4 is 9.62 Å². The molecule has 9 heteroatoms. The third kappa shape index (κ3) is 7.30. The lowest BCUT2D eigenvalue weighted by Gasteiger charge is -2.33. The number of halogens is 1. The fourth-order valence-corrected chi connectivity index (χ4v) is 4.74. The number of rotatable bonds is 11. The van der Waals surface area contributed by atoms with Crippen molar-refractivity contribution in [1.29, 1.82) is 0 Å². The number of benzene rings is 2. The van der Waals surface area contributed by atoms with Gasteiger partial charge in [-0.05, 0) is 61.6 Å². The van der Waals surface area contributed by atoms with Crippen LogP contribution in [0.5, 0.6) is 0 Å². The molecule has 2 rings (SSSR count). The number of anilines is 1. The van der Waals surface area contributed by atoms with E-state index in [4.69, 9.17) is 0 Å². The quantitative estimate of drug-likeness (QED) is 0.454. The zero-order valence-corrected chi connectivity index (χ0v) is 22.9. The fraction of sp³-hybridized carbons (Fsp3) is 0.440. The summed E-state index contributed by atoms with van der Waals surface area (Å²) in [5, 5.41) is 2.88. The largest absolute Gasteiger partial charge is 0.354 e. The van der Waals surface area contributed by atoms with Crippen LogP contribution in [0.25, 0.3) is 0 Å². The maximum absolute atomic E-state index is 13.7. The minimum atomic E-state index is -3.75. The average molecular weight is 553 g/mol. The van der Waals surface area contributed by atoms with Crippen LogP contribution in [-0.4, -0.2) is 50.5 Å². The monoisotopic (exact) mass is 551 g/mol. The van der Waals surface area contributed by atoms with Crippen LogP contribution in [0.4, 0.5) is 5.69 Å². The molecule has 0 aliphatic heterocycles. The Morgan fingerprint density at radius 3 is 2.29 bits per heavy atom. The first-order chi connectivity index (χ1) is 16.0. The Kier molecular flexibility index (Phi) is 10.1. The van der Waals surface area contributed by atoms with Crippen LogP contribution in [0.1, 0.15) is 43.4 Å². The number of hydrogen-bond donors (Lipinski definition) is 1. The number of carbonyl (C=O) groups excluding carboxylic acids is 2. The number of nitrogens with zero attached hydrogens (tertiary/aromatic N) is 2. The van der Waals surface area contributed by atoms with Crippen LogP contribution >= 0.6 is 15.9 Å². The highest BCUT2D eigenvalue weighted by atomic mass is 79.9. The predicted molar refractivity (Wildman–Crippen MR) is 140 cm³/mol. The molecule has 0 bridgehead atoms. The van der Waals surface area contributed by atoms with Crippen molar-refractivity contribution in [3.63, 3.8) is 0 Å². The van der Waals surface area contributed by atoms with Crippen LogP contribution in [0.3, 0.4) is 0 Å². The highest BCUT2D eigenvalue weighted by Gasteiger charge is 2.31. The molecule has 7 nitrogen and oxygen atoms in total. The topological polar surface area (TPSA) is 86.8 Å². The summed E-state index contributed by atoms with van der Waals surface area (Å²) in [6, 6.07) is 12.1. The lowest BCUT2D eigenvalue weighted by molar-refractivity contribution is -0.140. The van der Waals surface area contributed by atoms with Gasteiger partial charge in [0.1, 0.15) is 12.6 Å². The van der Waals surface area contributed by atoms with Crippen molar-refractivity contribution < 1.29 is 18.0 Å². The second kappa shape index (κ2) is 12.4. The summed E-state index contributed by atoms with van der Waals surface area (Å²) in [6.07, 6.45) is 2.26. The number of hydrogen-bond acceptors (Lipinski definition) is 4. The Morgan fingerprint density at radius 1 is 1.06 bits per heavy atom. The van der Waals surface area contributed by atoms with Gasteiger partial charge < -0.3 is 10.2 Å². The molecule has 1 N–H and O–H groups in total. The van der Waals surface area contributed by atoms with Gasteiger partial charge in [0.15, 0.2) is 0 Å². The van der Waals surface area contributed by atoms with Crippen LogP contribution in [0.2, 0.25) is 0 Å². The lowest BCUT2D eigenvalue weighted by Crippen LogP contribution is -2.52. The third-order valence-electron chi connectivity index (χ3n) is 5.65. The van der Waals surface area contributed by atoms with Crippen LogP contribution in [-0.2, 0) is 26.2 Å². The Morgan fingerprint density at radius 2 is 1.74 bits per heavy atom. The first-order valence-corrected chi connectivity index (χ1v) is 14.0. The van der Waals surface area contributed by atoms with Gasteiger partial charge >= 0.3 is 0 Å². The molecule has 0 heterocycles. The predicted octanol–water partition coefficient (Wildman–Crippen LogP) is 4.17. The second-order valence-corrected chi connectivity index (χ2v) is 11.1. The van der Waals surface area contributed by atoms with Gasteiger partial charge in [-0.25, -0.2) is 8.42 Å². The molecule has 0 fully saturated rings. The van der Waals surface area contributed by atoms with Gasteiger partial charge in [-0.3, -0.25) is 13.9 Å². The first kappa shape index (κ1) is 27.9. The molecule has 34 heavy (non-hydrogen) atoms. The van der Waals surface area contributed by atoms with E-state index in [1.54, 1.807) is 18.2 Å². The molecule has 0 aromatic heterocycles. The van der Waals surface area contributed by atoms with Gasteiger partial charge in [-0.15, -0.1) is 0 Å². The van der Waals surface area contributed by atoms with E-state index in [-0.39, 0.29) is 12.5 Å². The summed E-state index contributed by atoms with van der Waals surface area (Å²) in [6.45, 7) is 7.93. The molecule has 1 atom stereocenters. The molecule has 0 spiro atoms. The number of aryl methyl sites for hydroxylation is 2. The standard InChI is InChI=1S/C25H34BrN3O4S/c1-6-14-27-25(31)23(7-2)28(16-20-11-9-8-10-18(20)3)24(30)17-29(34(5,32)33)21-12-13-22(26)19(4)15-21/h8-13,15,23H,6-7,14,16-17H2,1-5H3,(H,27,31)/t23-/m0/s1. The normalized spacial score (nSPS) is 12.2. The summed E-state index contributed by atoms with van der Waals surface area (Å²) in [5.74, 6) is -0.676. The van der Waals surface area contributed by atoms with E-state index < -0.39 is 28.5 Å². The number of amides is 2. The van der Waals surface area contributed by atoms with Crippen LogP contribution in [0, 0.1) is 13.8 Å². The summed E-state index contributed by atoms with van der Waals surface area (Å²) in [7, 11) is -3.75. The summed E-state index contributed by atoms with van der Waals surface area (Å²) < 4.78 is 27.3. The highest BCUT2D eigenvalue weighted by Crippen LogP contribution is 2.25. The fourth-order valence-electron chi connectivity index (χ4n) is 3.65. The van der Waals surface area contributed by atoms with Crippen molar-refractivity contribution in [2.75, 3.05) is 23.7 Å². The Labute approximate surface area is 211 Å². The number of nitrogens with one attached hydrogen (secondary N) is 1. The van der Waals surface area contributed by atoms with E-state index in [9.17, 15) is 18.0 Å². The number of carbonyl (C=O) groups is 2. The number of sulfonamides is 1. The Balaban J connectivity index is 2.46. The van der Waals surface area contributed by atoms with Crippen molar-refractivity contribution >= 4 is 43.5 Å². The molecule has 2 aromatic rings. The van der Waals surface area contributed by atoms with Crippen molar-refractivity contribution in [3.05, 3.63) is 63.6 Å². The van der Waals surface area contributed by atoms with Crippen molar-refractivity contribution in [1.82, 2.24) is 10.2 Å². The molecule has 0 saturated carbocycles. The smallest absolute Gasteiger partial charge is 0.244 e. The molecule has 0 radical (unpaired) electrons. The van der Waals surface area contributed by atoms with Gasteiger partial charge in [0, 0.05) is 17.6 Å². The molecule has 0 aliphatic rings. The molecule has 0 unspecified atom stereocenters. The van der Waals surface area contributed by atoms with E-state index in [1.165, 1.54) is 4.90 Å². The lowest BCUT2D eigenvalue weighted by atomic mass is 10.1. The zero-order chi connectivity index (χ0) is 25.5. The minimum absolute atomic E-state index is 0.209. The molecule has 2 amide bonds. The summed E-state index contributed by atoms with van der Waals surface area (Å²) in [4.78, 5) is 28.1. The third-order valence-corrected chi connectivity index (χ3v) is 7.68. The van der Waals surface area contributed by atoms with Crippen molar-refractivity contribution in [3.8, 4) is 0 Å². The zero-order valence-electron chi connectivity index (χ0n) is 20.5. The molecule has 186 valence electrons. The molecular formula is C25H34BrN3O4S. The second-order valence-electron chi connectivity index (χ2n) is 8.37. The van der Waals surface area contributed by atoms with Gasteiger partial charge in [0.05, 0.1) is 11.9 Å². The Bertz CT molecular complexity index is 1120. The van der Waals surface area contributed by atoms with Gasteiger partial charge in [0.2, 0.25) is 21.8 Å². The molecule has 0 saturated heterocycles. The van der Waals surface area contributed by atoms with Crippen molar-refractivity contribution in [2.45, 2.75) is 53.1 Å². The molecule has 0 aliphatic carbocycles. The summed E-state index contributed by atoms with van der Waals surface area (Å²) in [5.41, 5.74) is 3.15. The van der Waals surface area contributed by atoms with E-state index in [0.29, 0.717) is 18.7 Å². The SMILES string of the molecule is CCCNC(=O)[C@H](CC)N(Cc1ccccc1C)C(=O)CN(c1ccc(Br)c(C)c1)S(C)(=O)=O. The maximum Gasteiger partial charge on any atom is 0.244 e. The van der Waals surface area contributed by atoms with Gasteiger partial charge in [0.25, 0.3) is 0 Å². The van der Waals surface area contributed by atoms with E-state index >= 15 is 0 Å². The first-order valence-electron chi connectivity index (χ1n) is 11.3. The van der Waals surface area contributed by atoms with Gasteiger partial charge in [-0.2, -0.15) is 0 Å². The Hall–Kier alpha value is -2.39. The summed E-state index contributed by atoms with van der Waals surface area (Å²) >= 11 is 3.42. The molecule has 2 aromatic carbocycles. The molecular weight excluding hydrogens is 518 g/mol. The maximum atomic E-state index is 13.7. The van der Waals surface area contributed by atoms with Crippen molar-refractivity contribution in [2.24, 2.45) is 0 Å².